The number of ether oxygens (including phenoxy) is 3. The van der Waals surface area contributed by atoms with Gasteiger partial charge in [-0.3, -0.25) is 0 Å². The van der Waals surface area contributed by atoms with E-state index in [0.29, 0.717) is 32.4 Å². The summed E-state index contributed by atoms with van der Waals surface area (Å²) < 4.78 is 17.1. The van der Waals surface area contributed by atoms with Crippen LogP contribution in [0.1, 0.15) is 18.5 Å². The number of aliphatic hydroxyl groups is 1. The van der Waals surface area contributed by atoms with E-state index in [-0.39, 0.29) is 6.10 Å². The summed E-state index contributed by atoms with van der Waals surface area (Å²) in [6, 6.07) is 18.2. The number of fused-ring (bicyclic) bond motifs is 1. The Bertz CT molecular complexity index is 649. The minimum absolute atomic E-state index is 0.144. The van der Waals surface area contributed by atoms with E-state index in [4.69, 9.17) is 14.2 Å². The molecule has 5 nitrogen and oxygen atoms in total. The molecule has 0 fully saturated rings. The Balaban J connectivity index is 1.34. The van der Waals surface area contributed by atoms with Crippen molar-refractivity contribution in [3.63, 3.8) is 0 Å². The molecule has 0 amide bonds. The number of para-hydroxylation sites is 2. The van der Waals surface area contributed by atoms with Gasteiger partial charge in [-0.05, 0) is 19.1 Å². The Kier molecular flexibility index (Phi) is 6.28. The van der Waals surface area contributed by atoms with Crippen LogP contribution in [0.15, 0.2) is 54.6 Å². The summed E-state index contributed by atoms with van der Waals surface area (Å²) in [5.74, 6) is 1.51. The fourth-order valence-electron chi connectivity index (χ4n) is 2.80. The topological polar surface area (TPSA) is 64.5 Å². The first-order chi connectivity index (χ1) is 12.2. The molecule has 0 radical (unpaired) electrons. The first kappa shape index (κ1) is 17.7. The van der Waals surface area contributed by atoms with Gasteiger partial charge in [0.2, 0.25) is 0 Å². The van der Waals surface area contributed by atoms with Crippen LogP contribution in [0.4, 0.5) is 0 Å². The van der Waals surface area contributed by atoms with Gasteiger partial charge in [0.1, 0.15) is 25.3 Å². The molecule has 2 aromatic carbocycles. The highest BCUT2D eigenvalue weighted by molar-refractivity contribution is 5.40. The molecule has 1 heterocycles. The summed E-state index contributed by atoms with van der Waals surface area (Å²) in [5, 5.41) is 12.2. The van der Waals surface area contributed by atoms with Crippen LogP contribution in [-0.4, -0.2) is 43.7 Å². The van der Waals surface area contributed by atoms with E-state index in [1.165, 1.54) is 5.56 Å². The van der Waals surface area contributed by atoms with Crippen LogP contribution in [0.25, 0.3) is 0 Å². The van der Waals surface area contributed by atoms with Gasteiger partial charge in [-0.15, -0.1) is 0 Å². The molecule has 3 atom stereocenters. The average molecular weight is 344 g/mol. The molecule has 134 valence electrons. The second kappa shape index (κ2) is 8.85. The molecular formula is C20H26NO4+. The van der Waals surface area contributed by atoms with Gasteiger partial charge in [0.25, 0.3) is 0 Å². The minimum Gasteiger partial charge on any atom is -0.486 e. The van der Waals surface area contributed by atoms with Crippen LogP contribution in [0.5, 0.6) is 11.5 Å². The molecule has 0 saturated carbocycles. The monoisotopic (exact) mass is 344 g/mol. The first-order valence-electron chi connectivity index (χ1n) is 8.75. The van der Waals surface area contributed by atoms with Gasteiger partial charge >= 0.3 is 0 Å². The van der Waals surface area contributed by atoms with E-state index in [0.717, 1.165) is 11.5 Å². The number of rotatable bonds is 8. The highest BCUT2D eigenvalue weighted by Crippen LogP contribution is 2.30. The largest absolute Gasteiger partial charge is 0.486 e. The van der Waals surface area contributed by atoms with Gasteiger partial charge < -0.3 is 24.6 Å². The third-order valence-corrected chi connectivity index (χ3v) is 4.27. The van der Waals surface area contributed by atoms with E-state index in [1.807, 2.05) is 42.5 Å². The molecule has 1 aliphatic rings. The van der Waals surface area contributed by atoms with Crippen molar-refractivity contribution in [1.29, 1.82) is 0 Å². The zero-order chi connectivity index (χ0) is 17.5. The maximum atomic E-state index is 10.1. The predicted molar refractivity (Wildman–Crippen MR) is 94.8 cm³/mol. The molecule has 1 aliphatic heterocycles. The van der Waals surface area contributed by atoms with Crippen LogP contribution in [-0.2, 0) is 4.74 Å². The second-order valence-corrected chi connectivity index (χ2v) is 6.36. The number of benzene rings is 2. The molecule has 0 spiro atoms. The molecule has 3 N–H and O–H groups in total. The third-order valence-electron chi connectivity index (χ3n) is 4.27. The van der Waals surface area contributed by atoms with Gasteiger partial charge in [0, 0.05) is 5.56 Å². The molecule has 0 bridgehead atoms. The van der Waals surface area contributed by atoms with Gasteiger partial charge in [-0.1, -0.05) is 42.5 Å². The normalized spacial score (nSPS) is 18.6. The zero-order valence-electron chi connectivity index (χ0n) is 14.5. The van der Waals surface area contributed by atoms with Gasteiger partial charge in [-0.25, -0.2) is 0 Å². The fourth-order valence-corrected chi connectivity index (χ4v) is 2.80. The molecule has 0 saturated heterocycles. The van der Waals surface area contributed by atoms with E-state index >= 15 is 0 Å². The van der Waals surface area contributed by atoms with Crippen molar-refractivity contribution >= 4 is 0 Å². The van der Waals surface area contributed by atoms with Crippen molar-refractivity contribution in [2.45, 2.75) is 25.2 Å². The standard InChI is InChI=1S/C20H25NO4/c1-15(16-7-3-2-4-8-16)21-11-17(22)12-23-13-18-14-24-19-9-5-6-10-20(19)25-18/h2-10,15,17-18,21-22H,11-14H2,1H3/p+1/t15-,17+,18-/m1/s1. The van der Waals surface area contributed by atoms with Crippen LogP contribution >= 0.6 is 0 Å². The molecule has 5 heteroatoms. The third kappa shape index (κ3) is 5.19. The molecule has 0 unspecified atom stereocenters. The summed E-state index contributed by atoms with van der Waals surface area (Å²) in [6.07, 6.45) is -0.655. The van der Waals surface area contributed by atoms with Crippen LogP contribution in [0.3, 0.4) is 0 Å². The van der Waals surface area contributed by atoms with Crippen LogP contribution < -0.4 is 14.8 Å². The number of hydrogen-bond donors (Lipinski definition) is 2. The van der Waals surface area contributed by atoms with Crippen molar-refractivity contribution in [3.8, 4) is 11.5 Å². The molecular weight excluding hydrogens is 318 g/mol. The lowest BCUT2D eigenvalue weighted by Crippen LogP contribution is -2.87. The van der Waals surface area contributed by atoms with Gasteiger partial charge in [0.05, 0.1) is 13.2 Å². The number of aliphatic hydroxyl groups excluding tert-OH is 1. The lowest BCUT2D eigenvalue weighted by Gasteiger charge is -2.26. The van der Waals surface area contributed by atoms with Crippen molar-refractivity contribution in [1.82, 2.24) is 0 Å². The molecule has 25 heavy (non-hydrogen) atoms. The Morgan fingerprint density at radius 1 is 1.12 bits per heavy atom. The fraction of sp³-hybridized carbons (Fsp3) is 0.400. The van der Waals surface area contributed by atoms with Crippen LogP contribution in [0.2, 0.25) is 0 Å². The quantitative estimate of drug-likeness (QED) is 0.762. The Labute approximate surface area is 148 Å². The summed E-state index contributed by atoms with van der Waals surface area (Å²) in [4.78, 5) is 0. The lowest BCUT2D eigenvalue weighted by molar-refractivity contribution is -0.698. The SMILES string of the molecule is C[C@@H]([NH2+]C[C@H](O)COC[C@@H]1COc2ccccc2O1)c1ccccc1. The summed E-state index contributed by atoms with van der Waals surface area (Å²) in [7, 11) is 0. The summed E-state index contributed by atoms with van der Waals surface area (Å²) in [5.41, 5.74) is 1.25. The molecule has 0 aromatic heterocycles. The van der Waals surface area contributed by atoms with Crippen molar-refractivity contribution in [3.05, 3.63) is 60.2 Å². The Hall–Kier alpha value is -2.08. The van der Waals surface area contributed by atoms with E-state index in [1.54, 1.807) is 0 Å². The number of quaternary nitrogens is 1. The molecule has 3 rings (SSSR count). The van der Waals surface area contributed by atoms with Gasteiger partial charge in [-0.2, -0.15) is 0 Å². The smallest absolute Gasteiger partial charge is 0.161 e. The van der Waals surface area contributed by atoms with Crippen molar-refractivity contribution < 1.29 is 24.6 Å². The lowest BCUT2D eigenvalue weighted by atomic mass is 10.1. The van der Waals surface area contributed by atoms with Crippen molar-refractivity contribution in [2.24, 2.45) is 0 Å². The van der Waals surface area contributed by atoms with E-state index in [9.17, 15) is 5.11 Å². The zero-order valence-corrected chi connectivity index (χ0v) is 14.5. The summed E-state index contributed by atoms with van der Waals surface area (Å²) >= 11 is 0. The highest BCUT2D eigenvalue weighted by Gasteiger charge is 2.21. The minimum atomic E-state index is -0.511. The maximum absolute atomic E-state index is 10.1. The Morgan fingerprint density at radius 3 is 2.64 bits per heavy atom. The second-order valence-electron chi connectivity index (χ2n) is 6.36. The maximum Gasteiger partial charge on any atom is 0.161 e. The van der Waals surface area contributed by atoms with Gasteiger partial charge in [0.15, 0.2) is 17.6 Å². The Morgan fingerprint density at radius 2 is 1.84 bits per heavy atom. The average Bonchev–Trinajstić information content (AvgIpc) is 2.66. The van der Waals surface area contributed by atoms with Crippen LogP contribution in [0, 0.1) is 0 Å². The molecule has 0 aliphatic carbocycles. The highest BCUT2D eigenvalue weighted by atomic mass is 16.6. The predicted octanol–water partition coefficient (Wildman–Crippen LogP) is 1.53. The number of hydrogen-bond acceptors (Lipinski definition) is 4. The van der Waals surface area contributed by atoms with Crippen molar-refractivity contribution in [2.75, 3.05) is 26.4 Å². The van der Waals surface area contributed by atoms with E-state index in [2.05, 4.69) is 24.4 Å². The number of nitrogens with two attached hydrogens (primary N) is 1. The first-order valence-corrected chi connectivity index (χ1v) is 8.75. The summed E-state index contributed by atoms with van der Waals surface area (Å²) in [6.45, 7) is 3.89. The molecule has 2 aromatic rings. The van der Waals surface area contributed by atoms with E-state index < -0.39 is 6.10 Å².